The molecule has 0 amide bonds. The summed E-state index contributed by atoms with van der Waals surface area (Å²) in [6, 6.07) is 0.847. The summed E-state index contributed by atoms with van der Waals surface area (Å²) >= 11 is 0. The van der Waals surface area contributed by atoms with Crippen LogP contribution in [0.25, 0.3) is 0 Å². The second-order valence-corrected chi connectivity index (χ2v) is 9.19. The van der Waals surface area contributed by atoms with Gasteiger partial charge in [-0.05, 0) is 67.1 Å². The molecular weight excluding hydrogens is 268 g/mol. The molecule has 0 aromatic carbocycles. The number of hydrogen-bond donors (Lipinski definition) is 2. The van der Waals surface area contributed by atoms with Gasteiger partial charge in [-0.2, -0.15) is 0 Å². The maximum Gasteiger partial charge on any atom is 0.00905 e. The summed E-state index contributed by atoms with van der Waals surface area (Å²) < 4.78 is 0. The molecule has 5 atom stereocenters. The van der Waals surface area contributed by atoms with Crippen molar-refractivity contribution in [3.63, 3.8) is 0 Å². The van der Waals surface area contributed by atoms with Gasteiger partial charge in [0.05, 0.1) is 0 Å². The molecule has 0 aliphatic heterocycles. The molecular formula is C20H40N2. The molecule has 2 fully saturated rings. The average Bonchev–Trinajstić information content (AvgIpc) is 2.47. The molecule has 2 aliphatic rings. The molecule has 2 saturated carbocycles. The second-order valence-electron chi connectivity index (χ2n) is 9.19. The Morgan fingerprint density at radius 3 is 1.64 bits per heavy atom. The van der Waals surface area contributed by atoms with Crippen LogP contribution in [0.4, 0.5) is 0 Å². The topological polar surface area (TPSA) is 52.0 Å². The van der Waals surface area contributed by atoms with Gasteiger partial charge in [0.25, 0.3) is 0 Å². The Bertz CT molecular complexity index is 319. The van der Waals surface area contributed by atoms with Crippen LogP contribution in [0.15, 0.2) is 0 Å². The number of nitrogens with two attached hydrogens (primary N) is 2. The fraction of sp³-hybridized carbons (Fsp3) is 1.00. The van der Waals surface area contributed by atoms with Crippen molar-refractivity contribution < 1.29 is 0 Å². The van der Waals surface area contributed by atoms with Crippen molar-refractivity contribution in [2.75, 3.05) is 0 Å². The van der Waals surface area contributed by atoms with Gasteiger partial charge < -0.3 is 11.5 Å². The minimum Gasteiger partial charge on any atom is -0.327 e. The zero-order valence-electron chi connectivity index (χ0n) is 15.6. The zero-order valence-corrected chi connectivity index (χ0v) is 15.6. The summed E-state index contributed by atoms with van der Waals surface area (Å²) in [6.45, 7) is 11.9. The Labute approximate surface area is 138 Å². The standard InChI is InChI=1S/C20H40N2/c1-12(18-10-15(4)20(22)16(5)11-18)6-7-17-8-13(2)19(21)14(3)9-17/h12-20H,6-11,21-22H2,1-5H3. The lowest BCUT2D eigenvalue weighted by atomic mass is 9.67. The Kier molecular flexibility index (Phi) is 6.36. The van der Waals surface area contributed by atoms with E-state index < -0.39 is 0 Å². The monoisotopic (exact) mass is 308 g/mol. The molecule has 2 rings (SSSR count). The molecule has 130 valence electrons. The van der Waals surface area contributed by atoms with Crippen molar-refractivity contribution in [3.8, 4) is 0 Å². The van der Waals surface area contributed by atoms with Gasteiger partial charge in [-0.25, -0.2) is 0 Å². The molecule has 0 radical (unpaired) electrons. The first-order valence-corrected chi connectivity index (χ1v) is 9.80. The quantitative estimate of drug-likeness (QED) is 0.807. The molecule has 0 bridgehead atoms. The smallest absolute Gasteiger partial charge is 0.00905 e. The van der Waals surface area contributed by atoms with E-state index in [0.717, 1.165) is 17.8 Å². The first kappa shape index (κ1) is 18.3. The molecule has 2 aliphatic carbocycles. The SMILES string of the molecule is CC(CCC1CC(C)C(N)C(C)C1)C1CC(C)C(N)C(C)C1. The van der Waals surface area contributed by atoms with Crippen LogP contribution in [0.2, 0.25) is 0 Å². The molecule has 0 aromatic rings. The summed E-state index contributed by atoms with van der Waals surface area (Å²) in [6.07, 6.45) is 8.19. The minimum absolute atomic E-state index is 0.421. The Balaban J connectivity index is 1.79. The second kappa shape index (κ2) is 7.66. The third-order valence-electron chi connectivity index (χ3n) is 7.22. The Morgan fingerprint density at radius 1 is 0.773 bits per heavy atom. The maximum atomic E-state index is 6.31. The van der Waals surface area contributed by atoms with E-state index >= 15 is 0 Å². The van der Waals surface area contributed by atoms with Gasteiger partial charge in [0.15, 0.2) is 0 Å². The van der Waals surface area contributed by atoms with Gasteiger partial charge in [-0.3, -0.25) is 0 Å². The predicted octanol–water partition coefficient (Wildman–Crippen LogP) is 4.42. The van der Waals surface area contributed by atoms with E-state index in [1.807, 2.05) is 0 Å². The van der Waals surface area contributed by atoms with Crippen LogP contribution < -0.4 is 11.5 Å². The molecule has 0 spiro atoms. The summed E-state index contributed by atoms with van der Waals surface area (Å²) in [4.78, 5) is 0. The largest absolute Gasteiger partial charge is 0.327 e. The molecule has 0 aromatic heterocycles. The van der Waals surface area contributed by atoms with Gasteiger partial charge in [0.1, 0.15) is 0 Å². The van der Waals surface area contributed by atoms with Crippen LogP contribution in [0.1, 0.15) is 73.1 Å². The maximum absolute atomic E-state index is 6.31. The lowest BCUT2D eigenvalue weighted by Crippen LogP contribution is -2.42. The highest BCUT2D eigenvalue weighted by Gasteiger charge is 2.34. The first-order chi connectivity index (χ1) is 10.3. The van der Waals surface area contributed by atoms with E-state index in [9.17, 15) is 0 Å². The molecule has 4 N–H and O–H groups in total. The number of rotatable bonds is 4. The molecule has 2 heteroatoms. The van der Waals surface area contributed by atoms with Crippen LogP contribution in [-0.4, -0.2) is 12.1 Å². The molecule has 5 unspecified atom stereocenters. The average molecular weight is 309 g/mol. The highest BCUT2D eigenvalue weighted by molar-refractivity contribution is 4.88. The Hall–Kier alpha value is -0.0800. The molecule has 22 heavy (non-hydrogen) atoms. The van der Waals surface area contributed by atoms with Crippen molar-refractivity contribution in [2.24, 2.45) is 52.9 Å². The van der Waals surface area contributed by atoms with Crippen LogP contribution in [0.5, 0.6) is 0 Å². The third-order valence-corrected chi connectivity index (χ3v) is 7.22. The van der Waals surface area contributed by atoms with E-state index in [-0.39, 0.29) is 0 Å². The van der Waals surface area contributed by atoms with E-state index in [4.69, 9.17) is 11.5 Å². The first-order valence-electron chi connectivity index (χ1n) is 9.80. The van der Waals surface area contributed by atoms with Crippen molar-refractivity contribution in [2.45, 2.75) is 85.2 Å². The van der Waals surface area contributed by atoms with Gasteiger partial charge in [0.2, 0.25) is 0 Å². The fourth-order valence-corrected chi connectivity index (χ4v) is 5.38. The summed E-state index contributed by atoms with van der Waals surface area (Å²) in [5.41, 5.74) is 12.6. The van der Waals surface area contributed by atoms with Gasteiger partial charge in [-0.15, -0.1) is 0 Å². The third kappa shape index (κ3) is 4.26. The lowest BCUT2D eigenvalue weighted by Gasteiger charge is -2.41. The van der Waals surface area contributed by atoms with E-state index in [1.54, 1.807) is 0 Å². The molecule has 0 saturated heterocycles. The van der Waals surface area contributed by atoms with Crippen LogP contribution in [0, 0.1) is 41.4 Å². The van der Waals surface area contributed by atoms with Crippen molar-refractivity contribution in [3.05, 3.63) is 0 Å². The van der Waals surface area contributed by atoms with Gasteiger partial charge in [0, 0.05) is 12.1 Å². The highest BCUT2D eigenvalue weighted by Crippen LogP contribution is 2.40. The van der Waals surface area contributed by atoms with E-state index in [0.29, 0.717) is 35.8 Å². The van der Waals surface area contributed by atoms with Crippen LogP contribution in [-0.2, 0) is 0 Å². The van der Waals surface area contributed by atoms with E-state index in [2.05, 4.69) is 34.6 Å². The van der Waals surface area contributed by atoms with Crippen LogP contribution >= 0.6 is 0 Å². The summed E-state index contributed by atoms with van der Waals surface area (Å²) in [7, 11) is 0. The Morgan fingerprint density at radius 2 is 1.18 bits per heavy atom. The zero-order chi connectivity index (χ0) is 16.4. The summed E-state index contributed by atoms with van der Waals surface area (Å²) in [5.74, 6) is 5.47. The molecule has 2 nitrogen and oxygen atoms in total. The summed E-state index contributed by atoms with van der Waals surface area (Å²) in [5, 5.41) is 0. The molecule has 0 heterocycles. The predicted molar refractivity (Wildman–Crippen MR) is 96.5 cm³/mol. The van der Waals surface area contributed by atoms with Gasteiger partial charge in [-0.1, -0.05) is 47.5 Å². The highest BCUT2D eigenvalue weighted by atomic mass is 14.7. The fourth-order valence-electron chi connectivity index (χ4n) is 5.38. The van der Waals surface area contributed by atoms with Crippen LogP contribution in [0.3, 0.4) is 0 Å². The van der Waals surface area contributed by atoms with Crippen molar-refractivity contribution in [1.29, 1.82) is 0 Å². The van der Waals surface area contributed by atoms with Gasteiger partial charge >= 0.3 is 0 Å². The van der Waals surface area contributed by atoms with Crippen molar-refractivity contribution in [1.82, 2.24) is 0 Å². The normalized spacial score (nSPS) is 48.1. The van der Waals surface area contributed by atoms with E-state index in [1.165, 1.54) is 38.5 Å². The lowest BCUT2D eigenvalue weighted by molar-refractivity contribution is 0.124. The van der Waals surface area contributed by atoms with Crippen molar-refractivity contribution >= 4 is 0 Å². The number of hydrogen-bond acceptors (Lipinski definition) is 2. The minimum atomic E-state index is 0.421.